The summed E-state index contributed by atoms with van der Waals surface area (Å²) in [5.41, 5.74) is 3.46. The van der Waals surface area contributed by atoms with Gasteiger partial charge in [0.1, 0.15) is 9.35 Å². The Balaban J connectivity index is 1.67. The molecule has 0 spiro atoms. The van der Waals surface area contributed by atoms with Crippen LogP contribution in [-0.4, -0.2) is 9.97 Å². The fourth-order valence-corrected chi connectivity index (χ4v) is 4.81. The van der Waals surface area contributed by atoms with Gasteiger partial charge in [0.15, 0.2) is 0 Å². The quantitative estimate of drug-likeness (QED) is 0.639. The van der Waals surface area contributed by atoms with Crippen molar-refractivity contribution in [2.24, 2.45) is 0 Å². The van der Waals surface area contributed by atoms with Gasteiger partial charge in [-0.2, -0.15) is 11.3 Å². The van der Waals surface area contributed by atoms with Crippen LogP contribution in [0.3, 0.4) is 0 Å². The molecule has 3 heterocycles. The summed E-state index contributed by atoms with van der Waals surface area (Å²) < 4.78 is 1.12. The third kappa shape index (κ3) is 2.83. The van der Waals surface area contributed by atoms with Gasteiger partial charge >= 0.3 is 0 Å². The van der Waals surface area contributed by atoms with E-state index in [2.05, 4.69) is 37.6 Å². The zero-order valence-electron chi connectivity index (χ0n) is 9.62. The van der Waals surface area contributed by atoms with Crippen LogP contribution < -0.4 is 0 Å². The van der Waals surface area contributed by atoms with Gasteiger partial charge in [-0.15, -0.1) is 22.7 Å². The van der Waals surface area contributed by atoms with E-state index >= 15 is 0 Å². The third-order valence-corrected chi connectivity index (χ3v) is 6.06. The van der Waals surface area contributed by atoms with Crippen molar-refractivity contribution in [2.75, 3.05) is 0 Å². The molecule has 92 valence electrons. The van der Waals surface area contributed by atoms with Gasteiger partial charge in [0.2, 0.25) is 0 Å². The Morgan fingerprint density at radius 3 is 2.83 bits per heavy atom. The molecule has 6 heteroatoms. The van der Waals surface area contributed by atoms with Gasteiger partial charge in [-0.05, 0) is 18.4 Å². The first-order valence-corrected chi connectivity index (χ1v) is 9.02. The van der Waals surface area contributed by atoms with E-state index in [1.807, 2.05) is 6.92 Å². The topological polar surface area (TPSA) is 25.8 Å². The van der Waals surface area contributed by atoms with Gasteiger partial charge in [0.25, 0.3) is 0 Å². The fourth-order valence-electron chi connectivity index (χ4n) is 1.43. The Labute approximate surface area is 122 Å². The van der Waals surface area contributed by atoms with Crippen LogP contribution >= 0.6 is 45.8 Å². The lowest BCUT2D eigenvalue weighted by Crippen LogP contribution is -1.81. The number of nitrogens with zero attached hydrogens (tertiary/aromatic N) is 2. The fraction of sp³-hybridized carbons (Fsp3) is 0.167. The molecule has 18 heavy (non-hydrogen) atoms. The lowest BCUT2D eigenvalue weighted by Gasteiger charge is -1.93. The van der Waals surface area contributed by atoms with E-state index in [1.165, 1.54) is 5.56 Å². The normalized spacial score (nSPS) is 10.9. The summed E-state index contributed by atoms with van der Waals surface area (Å²) in [6.07, 6.45) is 0. The monoisotopic (exact) mass is 310 g/mol. The molecule has 0 aromatic carbocycles. The molecule has 0 fully saturated rings. The maximum atomic E-state index is 4.66. The molecule has 0 aliphatic heterocycles. The molecular formula is C12H10N2S4. The van der Waals surface area contributed by atoms with Crippen LogP contribution in [0.2, 0.25) is 0 Å². The van der Waals surface area contributed by atoms with Crippen LogP contribution in [0.5, 0.6) is 0 Å². The molecule has 0 amide bonds. The van der Waals surface area contributed by atoms with Gasteiger partial charge in [0, 0.05) is 33.2 Å². The van der Waals surface area contributed by atoms with Crippen molar-refractivity contribution in [3.63, 3.8) is 0 Å². The second-order valence-corrected chi connectivity index (χ2v) is 7.42. The minimum Gasteiger partial charge on any atom is -0.240 e. The molecular weight excluding hydrogens is 300 g/mol. The first kappa shape index (κ1) is 12.3. The highest BCUT2D eigenvalue weighted by molar-refractivity contribution is 8.00. The van der Waals surface area contributed by atoms with Crippen molar-refractivity contribution in [3.8, 4) is 10.6 Å². The molecule has 2 nitrogen and oxygen atoms in total. The van der Waals surface area contributed by atoms with Crippen molar-refractivity contribution in [1.82, 2.24) is 9.97 Å². The summed E-state index contributed by atoms with van der Waals surface area (Å²) in [7, 11) is 0. The summed E-state index contributed by atoms with van der Waals surface area (Å²) in [6, 6.07) is 2.12. The SMILES string of the molecule is Cc1csc(SCc2csc(-c3ccsc3)n2)n1. The summed E-state index contributed by atoms with van der Waals surface area (Å²) in [5.74, 6) is 0.896. The summed E-state index contributed by atoms with van der Waals surface area (Å²) in [5, 5.41) is 9.56. The molecule has 0 N–H and O–H groups in total. The van der Waals surface area contributed by atoms with Crippen LogP contribution in [0.4, 0.5) is 0 Å². The second kappa shape index (κ2) is 5.52. The van der Waals surface area contributed by atoms with Gasteiger partial charge < -0.3 is 0 Å². The number of aromatic nitrogens is 2. The lowest BCUT2D eigenvalue weighted by molar-refractivity contribution is 1.15. The predicted molar refractivity (Wildman–Crippen MR) is 81.8 cm³/mol. The van der Waals surface area contributed by atoms with E-state index in [0.29, 0.717) is 0 Å². The predicted octanol–water partition coefficient (Wildman–Crippen LogP) is 4.93. The third-order valence-electron chi connectivity index (χ3n) is 2.26. The number of hydrogen-bond acceptors (Lipinski definition) is 6. The number of thiazole rings is 2. The van der Waals surface area contributed by atoms with E-state index in [-0.39, 0.29) is 0 Å². The number of aryl methyl sites for hydroxylation is 1. The van der Waals surface area contributed by atoms with Crippen LogP contribution in [-0.2, 0) is 5.75 Å². The Morgan fingerprint density at radius 2 is 2.11 bits per heavy atom. The lowest BCUT2D eigenvalue weighted by atomic mass is 10.4. The minimum absolute atomic E-state index is 0.896. The molecule has 0 atom stereocenters. The van der Waals surface area contributed by atoms with Crippen LogP contribution in [0.25, 0.3) is 10.6 Å². The molecule has 0 bridgehead atoms. The maximum absolute atomic E-state index is 4.66. The van der Waals surface area contributed by atoms with Crippen LogP contribution in [0, 0.1) is 6.92 Å². The van der Waals surface area contributed by atoms with Crippen molar-refractivity contribution in [2.45, 2.75) is 17.0 Å². The summed E-state index contributed by atoms with van der Waals surface area (Å²) >= 11 is 6.88. The zero-order valence-corrected chi connectivity index (χ0v) is 12.9. The Morgan fingerprint density at radius 1 is 1.17 bits per heavy atom. The molecule has 0 unspecified atom stereocenters. The molecule has 0 saturated heterocycles. The number of hydrogen-bond donors (Lipinski definition) is 0. The zero-order chi connectivity index (χ0) is 12.4. The molecule has 3 rings (SSSR count). The van der Waals surface area contributed by atoms with E-state index in [0.717, 1.165) is 26.5 Å². The Hall–Kier alpha value is -0.690. The van der Waals surface area contributed by atoms with Crippen molar-refractivity contribution in [1.29, 1.82) is 0 Å². The highest BCUT2D eigenvalue weighted by Crippen LogP contribution is 2.30. The molecule has 3 aromatic rings. The van der Waals surface area contributed by atoms with E-state index in [4.69, 9.17) is 0 Å². The van der Waals surface area contributed by atoms with Crippen molar-refractivity contribution >= 4 is 45.8 Å². The standard InChI is InChI=1S/C12H10N2S4/c1-8-4-17-12(13-8)18-7-10-6-16-11(14-10)9-2-3-15-5-9/h2-6H,7H2,1H3. The highest BCUT2D eigenvalue weighted by atomic mass is 32.2. The molecule has 3 aromatic heterocycles. The first-order chi connectivity index (χ1) is 8.81. The van der Waals surface area contributed by atoms with E-state index in [1.54, 1.807) is 45.8 Å². The van der Waals surface area contributed by atoms with Crippen LogP contribution in [0.15, 0.2) is 31.9 Å². The van der Waals surface area contributed by atoms with Gasteiger partial charge in [-0.1, -0.05) is 11.8 Å². The molecule has 0 saturated carbocycles. The largest absolute Gasteiger partial charge is 0.240 e. The van der Waals surface area contributed by atoms with Gasteiger partial charge in [0.05, 0.1) is 5.69 Å². The van der Waals surface area contributed by atoms with Gasteiger partial charge in [-0.3, -0.25) is 0 Å². The molecule has 0 radical (unpaired) electrons. The average molecular weight is 310 g/mol. The number of rotatable bonds is 4. The number of thioether (sulfide) groups is 1. The Bertz CT molecular complexity index is 624. The maximum Gasteiger partial charge on any atom is 0.150 e. The molecule has 0 aliphatic rings. The average Bonchev–Trinajstić information content (AvgIpc) is 3.07. The first-order valence-electron chi connectivity index (χ1n) is 5.33. The van der Waals surface area contributed by atoms with Gasteiger partial charge in [-0.25, -0.2) is 9.97 Å². The smallest absolute Gasteiger partial charge is 0.150 e. The van der Waals surface area contributed by atoms with Crippen molar-refractivity contribution in [3.05, 3.63) is 39.0 Å². The van der Waals surface area contributed by atoms with E-state index in [9.17, 15) is 0 Å². The highest BCUT2D eigenvalue weighted by Gasteiger charge is 2.06. The van der Waals surface area contributed by atoms with Crippen LogP contribution in [0.1, 0.15) is 11.4 Å². The van der Waals surface area contributed by atoms with Crippen molar-refractivity contribution < 1.29 is 0 Å². The minimum atomic E-state index is 0.896. The summed E-state index contributed by atoms with van der Waals surface area (Å²) in [6.45, 7) is 2.03. The molecule has 0 aliphatic carbocycles. The second-order valence-electron chi connectivity index (χ2n) is 3.70. The van der Waals surface area contributed by atoms with E-state index < -0.39 is 0 Å². The summed E-state index contributed by atoms with van der Waals surface area (Å²) in [4.78, 5) is 9.10. The number of thiophene rings is 1. The Kier molecular flexibility index (Phi) is 3.79.